The maximum atomic E-state index is 13.2. The molecule has 0 saturated carbocycles. The van der Waals surface area contributed by atoms with E-state index < -0.39 is 16.1 Å². The van der Waals surface area contributed by atoms with E-state index in [0.29, 0.717) is 17.9 Å². The Morgan fingerprint density at radius 1 is 1.13 bits per heavy atom. The van der Waals surface area contributed by atoms with E-state index in [1.807, 2.05) is 0 Å². The highest BCUT2D eigenvalue weighted by atomic mass is 35.5. The normalized spacial score (nSPS) is 18.3. The van der Waals surface area contributed by atoms with Gasteiger partial charge in [0.25, 0.3) is 10.0 Å². The monoisotopic (exact) mass is 482 g/mol. The second-order valence-electron chi connectivity index (χ2n) is 7.31. The third-order valence-electron chi connectivity index (χ3n) is 5.53. The number of sulfonamides is 1. The fraction of sp³-hybridized carbons (Fsp3) is 0.316. The van der Waals surface area contributed by atoms with Gasteiger partial charge in [0.1, 0.15) is 11.6 Å². The SMILES string of the molecule is O=C1OCc2cc(Cl)ccc2N1C1CCN(S(=O)(=O)c2ncc(Cl)c3oncc23)CC1. The number of hydrogen-bond acceptors (Lipinski definition) is 7. The standard InChI is InChI=1S/C19H16Cl2N4O5S/c20-12-1-2-16-11(7-12)10-29-19(26)25(16)13-3-5-24(6-4-13)31(27,28)18-14-8-23-30-17(14)15(21)9-22-18/h1-2,7-9,13H,3-6,10H2. The Labute approximate surface area is 187 Å². The second kappa shape index (κ2) is 7.63. The van der Waals surface area contributed by atoms with E-state index in [1.54, 1.807) is 23.1 Å². The van der Waals surface area contributed by atoms with Gasteiger partial charge in [0.05, 0.1) is 23.5 Å². The number of nitrogens with zero attached hydrogens (tertiary/aromatic N) is 4. The summed E-state index contributed by atoms with van der Waals surface area (Å²) in [7, 11) is -3.90. The molecule has 0 atom stereocenters. The lowest BCUT2D eigenvalue weighted by molar-refractivity contribution is 0.136. The van der Waals surface area contributed by atoms with E-state index in [0.717, 1.165) is 11.3 Å². The van der Waals surface area contributed by atoms with Crippen LogP contribution in [0.3, 0.4) is 0 Å². The molecule has 2 aliphatic heterocycles. The van der Waals surface area contributed by atoms with Crippen LogP contribution in [-0.4, -0.2) is 48.1 Å². The number of ether oxygens (including phenoxy) is 1. The molecule has 31 heavy (non-hydrogen) atoms. The number of fused-ring (bicyclic) bond motifs is 2. The van der Waals surface area contributed by atoms with Crippen LogP contribution in [0.2, 0.25) is 10.0 Å². The Morgan fingerprint density at radius 3 is 2.68 bits per heavy atom. The summed E-state index contributed by atoms with van der Waals surface area (Å²) in [6, 6.07) is 5.09. The number of carbonyl (C=O) groups excluding carboxylic acids is 1. The minimum absolute atomic E-state index is 0.149. The van der Waals surface area contributed by atoms with Gasteiger partial charge in [-0.2, -0.15) is 4.31 Å². The molecule has 0 bridgehead atoms. The summed E-state index contributed by atoms with van der Waals surface area (Å²) in [4.78, 5) is 18.1. The van der Waals surface area contributed by atoms with Gasteiger partial charge in [0.2, 0.25) is 0 Å². The molecule has 5 rings (SSSR count). The summed E-state index contributed by atoms with van der Waals surface area (Å²) in [6.07, 6.45) is 2.97. The smallest absolute Gasteiger partial charge is 0.414 e. The van der Waals surface area contributed by atoms with Crippen molar-refractivity contribution in [1.29, 1.82) is 0 Å². The van der Waals surface area contributed by atoms with Crippen molar-refractivity contribution < 1.29 is 22.5 Å². The number of carbonyl (C=O) groups is 1. The van der Waals surface area contributed by atoms with Crippen LogP contribution in [0.1, 0.15) is 18.4 Å². The Balaban J connectivity index is 1.39. The lowest BCUT2D eigenvalue weighted by Gasteiger charge is -2.39. The van der Waals surface area contributed by atoms with E-state index in [-0.39, 0.29) is 46.8 Å². The average molecular weight is 483 g/mol. The van der Waals surface area contributed by atoms with Crippen molar-refractivity contribution in [2.45, 2.75) is 30.5 Å². The number of anilines is 1. The molecule has 1 fully saturated rings. The van der Waals surface area contributed by atoms with E-state index in [2.05, 4.69) is 10.1 Å². The molecule has 12 heteroatoms. The first-order valence-electron chi connectivity index (χ1n) is 9.49. The van der Waals surface area contributed by atoms with E-state index in [4.69, 9.17) is 32.5 Å². The number of rotatable bonds is 3. The molecular formula is C19H16Cl2N4O5S. The molecule has 162 valence electrons. The molecule has 3 aromatic rings. The highest BCUT2D eigenvalue weighted by Crippen LogP contribution is 2.35. The quantitative estimate of drug-likeness (QED) is 0.557. The molecule has 1 amide bonds. The van der Waals surface area contributed by atoms with Crippen molar-refractivity contribution in [2.24, 2.45) is 0 Å². The van der Waals surface area contributed by atoms with E-state index in [9.17, 15) is 13.2 Å². The van der Waals surface area contributed by atoms with Crippen LogP contribution >= 0.6 is 23.2 Å². The molecule has 2 aliphatic rings. The van der Waals surface area contributed by atoms with Crippen LogP contribution in [0.25, 0.3) is 11.0 Å². The molecule has 1 aromatic carbocycles. The number of benzene rings is 1. The van der Waals surface area contributed by atoms with Crippen LogP contribution in [0.4, 0.5) is 10.5 Å². The molecule has 1 saturated heterocycles. The number of amides is 1. The Kier molecular flexibility index (Phi) is 5.04. The number of piperidine rings is 1. The Bertz CT molecular complexity index is 1290. The largest absolute Gasteiger partial charge is 0.444 e. The van der Waals surface area contributed by atoms with Crippen LogP contribution in [0, 0.1) is 0 Å². The zero-order valence-electron chi connectivity index (χ0n) is 16.0. The summed E-state index contributed by atoms with van der Waals surface area (Å²) < 4.78 is 38.1. The minimum atomic E-state index is -3.90. The molecule has 2 aromatic heterocycles. The fourth-order valence-electron chi connectivity index (χ4n) is 4.03. The van der Waals surface area contributed by atoms with E-state index >= 15 is 0 Å². The van der Waals surface area contributed by atoms with Crippen molar-refractivity contribution in [3.8, 4) is 0 Å². The number of pyridine rings is 1. The fourth-order valence-corrected chi connectivity index (χ4v) is 5.96. The predicted octanol–water partition coefficient (Wildman–Crippen LogP) is 3.84. The van der Waals surface area contributed by atoms with Gasteiger partial charge in [-0.1, -0.05) is 28.4 Å². The minimum Gasteiger partial charge on any atom is -0.444 e. The Morgan fingerprint density at radius 2 is 1.90 bits per heavy atom. The van der Waals surface area contributed by atoms with Crippen LogP contribution in [0.15, 0.2) is 40.1 Å². The number of halogens is 2. The van der Waals surface area contributed by atoms with Gasteiger partial charge in [-0.3, -0.25) is 4.90 Å². The summed E-state index contributed by atoms with van der Waals surface area (Å²) in [5, 5.41) is 4.48. The van der Waals surface area contributed by atoms with Crippen molar-refractivity contribution in [1.82, 2.24) is 14.4 Å². The number of cyclic esters (lactones) is 1. The molecule has 9 nitrogen and oxygen atoms in total. The zero-order chi connectivity index (χ0) is 21.8. The zero-order valence-corrected chi connectivity index (χ0v) is 18.3. The average Bonchev–Trinajstić information content (AvgIpc) is 3.25. The van der Waals surface area contributed by atoms with Crippen molar-refractivity contribution in [3.05, 3.63) is 46.2 Å². The van der Waals surface area contributed by atoms with Gasteiger partial charge in [-0.15, -0.1) is 0 Å². The predicted molar refractivity (Wildman–Crippen MR) is 113 cm³/mol. The Hall–Kier alpha value is -2.40. The van der Waals surface area contributed by atoms with Crippen LogP contribution < -0.4 is 4.90 Å². The van der Waals surface area contributed by atoms with Crippen molar-refractivity contribution >= 4 is 56.0 Å². The summed E-state index contributed by atoms with van der Waals surface area (Å²) in [6.45, 7) is 0.600. The topological polar surface area (TPSA) is 106 Å². The highest BCUT2D eigenvalue weighted by Gasteiger charge is 2.38. The molecule has 0 spiro atoms. The maximum Gasteiger partial charge on any atom is 0.414 e. The summed E-state index contributed by atoms with van der Waals surface area (Å²) in [5.41, 5.74) is 1.74. The molecule has 0 radical (unpaired) electrons. The van der Waals surface area contributed by atoms with Gasteiger partial charge >= 0.3 is 6.09 Å². The van der Waals surface area contributed by atoms with Crippen LogP contribution in [-0.2, 0) is 21.4 Å². The second-order valence-corrected chi connectivity index (χ2v) is 10.0. The van der Waals surface area contributed by atoms with Crippen molar-refractivity contribution in [3.63, 3.8) is 0 Å². The summed E-state index contributed by atoms with van der Waals surface area (Å²) in [5.74, 6) is 0. The lowest BCUT2D eigenvalue weighted by Crippen LogP contribution is -2.50. The van der Waals surface area contributed by atoms with Gasteiger partial charge in [0, 0.05) is 29.7 Å². The molecule has 0 N–H and O–H groups in total. The van der Waals surface area contributed by atoms with Crippen LogP contribution in [0.5, 0.6) is 0 Å². The first-order valence-corrected chi connectivity index (χ1v) is 11.7. The lowest BCUT2D eigenvalue weighted by atomic mass is 10.0. The van der Waals surface area contributed by atoms with Gasteiger partial charge in [0.15, 0.2) is 10.6 Å². The molecule has 0 unspecified atom stereocenters. The summed E-state index contributed by atoms with van der Waals surface area (Å²) >= 11 is 12.1. The third-order valence-corrected chi connectivity index (χ3v) is 7.90. The number of aromatic nitrogens is 2. The third kappa shape index (κ3) is 3.43. The molecule has 0 aliphatic carbocycles. The maximum absolute atomic E-state index is 13.2. The highest BCUT2D eigenvalue weighted by molar-refractivity contribution is 7.89. The molecule has 4 heterocycles. The first-order chi connectivity index (χ1) is 14.9. The first kappa shape index (κ1) is 20.5. The van der Waals surface area contributed by atoms with Gasteiger partial charge in [-0.05, 0) is 31.0 Å². The van der Waals surface area contributed by atoms with Gasteiger partial charge in [-0.25, -0.2) is 18.2 Å². The van der Waals surface area contributed by atoms with Crippen molar-refractivity contribution in [2.75, 3.05) is 18.0 Å². The van der Waals surface area contributed by atoms with E-state index in [1.165, 1.54) is 16.7 Å². The van der Waals surface area contributed by atoms with Gasteiger partial charge < -0.3 is 9.26 Å². The number of hydrogen-bond donors (Lipinski definition) is 0. The molecular weight excluding hydrogens is 467 g/mol.